The van der Waals surface area contributed by atoms with Gasteiger partial charge in [0.2, 0.25) is 5.91 Å². The standard InChI is InChI=1S/C24H20ClN5O2/c1-15-22-20(13-21(31)28-23(22)30(29-15)24-26-9-4-10-27-24)17-6-3-8-19(12-17)32-14-16-5-2-7-18(25)11-16/h2-12,20H,13-14H2,1H3,(H,28,31)/t20-/m0/s1. The molecule has 0 fully saturated rings. The van der Waals surface area contributed by atoms with E-state index in [0.717, 1.165) is 28.1 Å². The number of amides is 1. The van der Waals surface area contributed by atoms with Crippen LogP contribution in [-0.2, 0) is 11.4 Å². The van der Waals surface area contributed by atoms with Crippen molar-refractivity contribution in [3.63, 3.8) is 0 Å². The van der Waals surface area contributed by atoms with Crippen LogP contribution in [0.4, 0.5) is 5.82 Å². The van der Waals surface area contributed by atoms with Crippen molar-refractivity contribution in [3.05, 3.63) is 94.4 Å². The Morgan fingerprint density at radius 1 is 1.12 bits per heavy atom. The lowest BCUT2D eigenvalue weighted by Gasteiger charge is -2.24. The quantitative estimate of drug-likeness (QED) is 0.482. The van der Waals surface area contributed by atoms with Crippen molar-refractivity contribution in [2.75, 3.05) is 5.32 Å². The van der Waals surface area contributed by atoms with Gasteiger partial charge in [-0.2, -0.15) is 9.78 Å². The molecule has 1 atom stereocenters. The van der Waals surface area contributed by atoms with Crippen LogP contribution >= 0.6 is 11.6 Å². The van der Waals surface area contributed by atoms with Gasteiger partial charge in [0.25, 0.3) is 5.95 Å². The lowest BCUT2D eigenvalue weighted by Crippen LogP contribution is -2.25. The number of hydrogen-bond donors (Lipinski definition) is 1. The van der Waals surface area contributed by atoms with Crippen molar-refractivity contribution >= 4 is 23.3 Å². The van der Waals surface area contributed by atoms with Crippen LogP contribution in [0.5, 0.6) is 5.75 Å². The predicted molar refractivity (Wildman–Crippen MR) is 121 cm³/mol. The Kier molecular flexibility index (Phi) is 5.33. The van der Waals surface area contributed by atoms with Crippen LogP contribution in [0.25, 0.3) is 5.95 Å². The number of ether oxygens (including phenoxy) is 1. The highest BCUT2D eigenvalue weighted by Crippen LogP contribution is 2.40. The van der Waals surface area contributed by atoms with Gasteiger partial charge in [-0.1, -0.05) is 35.9 Å². The molecular weight excluding hydrogens is 426 g/mol. The fraction of sp³-hybridized carbons (Fsp3) is 0.167. The average molecular weight is 446 g/mol. The minimum Gasteiger partial charge on any atom is -0.489 e. The summed E-state index contributed by atoms with van der Waals surface area (Å²) in [5.74, 6) is 1.53. The van der Waals surface area contributed by atoms with E-state index in [-0.39, 0.29) is 11.8 Å². The van der Waals surface area contributed by atoms with Gasteiger partial charge < -0.3 is 10.1 Å². The molecule has 0 unspecified atom stereocenters. The van der Waals surface area contributed by atoms with Crippen LogP contribution in [0.1, 0.15) is 34.7 Å². The van der Waals surface area contributed by atoms with E-state index in [2.05, 4.69) is 20.4 Å². The topological polar surface area (TPSA) is 81.9 Å². The molecule has 2 aromatic carbocycles. The van der Waals surface area contributed by atoms with Crippen LogP contribution in [0, 0.1) is 6.92 Å². The number of fused-ring (bicyclic) bond motifs is 1. The van der Waals surface area contributed by atoms with Crippen LogP contribution in [0.15, 0.2) is 67.0 Å². The molecule has 7 nitrogen and oxygen atoms in total. The highest BCUT2D eigenvalue weighted by molar-refractivity contribution is 6.30. The first-order valence-electron chi connectivity index (χ1n) is 10.2. The van der Waals surface area contributed by atoms with Gasteiger partial charge in [0.1, 0.15) is 18.2 Å². The Morgan fingerprint density at radius 3 is 2.75 bits per heavy atom. The Balaban J connectivity index is 1.47. The van der Waals surface area contributed by atoms with Crippen LogP contribution < -0.4 is 10.1 Å². The third kappa shape index (κ3) is 3.94. The molecular formula is C24H20ClN5O2. The van der Waals surface area contributed by atoms with Crippen LogP contribution in [0.3, 0.4) is 0 Å². The summed E-state index contributed by atoms with van der Waals surface area (Å²) in [5.41, 5.74) is 3.76. The number of carbonyl (C=O) groups excluding carboxylic acids is 1. The number of rotatable bonds is 5. The molecule has 1 aliphatic rings. The first kappa shape index (κ1) is 20.2. The van der Waals surface area contributed by atoms with E-state index in [9.17, 15) is 4.79 Å². The van der Waals surface area contributed by atoms with Crippen LogP contribution in [0.2, 0.25) is 5.02 Å². The first-order chi connectivity index (χ1) is 15.6. The fourth-order valence-corrected chi connectivity index (χ4v) is 4.20. The molecule has 2 aromatic heterocycles. The predicted octanol–water partition coefficient (Wildman–Crippen LogP) is 4.68. The van der Waals surface area contributed by atoms with Gasteiger partial charge in [-0.05, 0) is 48.4 Å². The summed E-state index contributed by atoms with van der Waals surface area (Å²) in [6.45, 7) is 2.34. The summed E-state index contributed by atoms with van der Waals surface area (Å²) in [6, 6.07) is 17.2. The molecule has 1 N–H and O–H groups in total. The zero-order chi connectivity index (χ0) is 22.1. The normalized spacial score (nSPS) is 15.2. The van der Waals surface area contributed by atoms with Gasteiger partial charge in [-0.3, -0.25) is 4.79 Å². The first-order valence-corrected chi connectivity index (χ1v) is 10.6. The number of nitrogens with zero attached hydrogens (tertiary/aromatic N) is 4. The molecule has 8 heteroatoms. The van der Waals surface area contributed by atoms with Crippen molar-refractivity contribution < 1.29 is 9.53 Å². The third-order valence-corrected chi connectivity index (χ3v) is 5.63. The Bertz CT molecular complexity index is 1290. The van der Waals surface area contributed by atoms with Gasteiger partial charge in [-0.15, -0.1) is 0 Å². The summed E-state index contributed by atoms with van der Waals surface area (Å²) in [4.78, 5) is 21.1. The van der Waals surface area contributed by atoms with E-state index in [1.165, 1.54) is 0 Å². The van der Waals surface area contributed by atoms with Gasteiger partial charge in [0.05, 0.1) is 5.69 Å². The minimum atomic E-state index is -0.147. The molecule has 0 radical (unpaired) electrons. The van der Waals surface area contributed by atoms with E-state index >= 15 is 0 Å². The lowest BCUT2D eigenvalue weighted by atomic mass is 9.86. The van der Waals surface area contributed by atoms with E-state index in [1.54, 1.807) is 23.1 Å². The van der Waals surface area contributed by atoms with Gasteiger partial charge in [0.15, 0.2) is 0 Å². The molecule has 0 spiro atoms. The maximum absolute atomic E-state index is 12.6. The molecule has 4 aromatic rings. The average Bonchev–Trinajstić information content (AvgIpc) is 3.14. The summed E-state index contributed by atoms with van der Waals surface area (Å²) in [7, 11) is 0. The third-order valence-electron chi connectivity index (χ3n) is 5.40. The van der Waals surface area contributed by atoms with Gasteiger partial charge in [-0.25, -0.2) is 9.97 Å². The number of benzene rings is 2. The van der Waals surface area contributed by atoms with Crippen molar-refractivity contribution in [3.8, 4) is 11.7 Å². The number of aromatic nitrogens is 4. The Labute approximate surface area is 190 Å². The van der Waals surface area contributed by atoms with Crippen molar-refractivity contribution in [2.45, 2.75) is 25.9 Å². The molecule has 160 valence electrons. The maximum Gasteiger partial charge on any atom is 0.252 e. The summed E-state index contributed by atoms with van der Waals surface area (Å²) in [5, 5.41) is 8.24. The highest BCUT2D eigenvalue weighted by atomic mass is 35.5. The summed E-state index contributed by atoms with van der Waals surface area (Å²) >= 11 is 6.07. The van der Waals surface area contributed by atoms with Gasteiger partial charge >= 0.3 is 0 Å². The molecule has 1 amide bonds. The molecule has 1 aliphatic heterocycles. The fourth-order valence-electron chi connectivity index (χ4n) is 3.99. The number of carbonyl (C=O) groups is 1. The molecule has 3 heterocycles. The molecule has 5 rings (SSSR count). The largest absolute Gasteiger partial charge is 0.489 e. The SMILES string of the molecule is Cc1nn(-c2ncccn2)c2c1[C@H](c1cccc(OCc3cccc(Cl)c3)c1)CC(=O)N2. The van der Waals surface area contributed by atoms with Crippen molar-refractivity contribution in [1.29, 1.82) is 0 Å². The smallest absolute Gasteiger partial charge is 0.252 e. The second-order valence-corrected chi connectivity index (χ2v) is 8.04. The van der Waals surface area contributed by atoms with Crippen LogP contribution in [-0.4, -0.2) is 25.7 Å². The molecule has 32 heavy (non-hydrogen) atoms. The minimum absolute atomic E-state index is 0.0789. The zero-order valence-corrected chi connectivity index (χ0v) is 18.1. The van der Waals surface area contributed by atoms with E-state index in [1.807, 2.05) is 55.5 Å². The Morgan fingerprint density at radius 2 is 1.94 bits per heavy atom. The molecule has 0 saturated carbocycles. The molecule has 0 bridgehead atoms. The van der Waals surface area contributed by atoms with E-state index in [4.69, 9.17) is 16.3 Å². The highest BCUT2D eigenvalue weighted by Gasteiger charge is 2.33. The van der Waals surface area contributed by atoms with Gasteiger partial charge in [0, 0.05) is 35.3 Å². The van der Waals surface area contributed by atoms with Crippen molar-refractivity contribution in [1.82, 2.24) is 19.7 Å². The second-order valence-electron chi connectivity index (χ2n) is 7.60. The number of halogens is 1. The number of hydrogen-bond acceptors (Lipinski definition) is 5. The van der Waals surface area contributed by atoms with Crippen molar-refractivity contribution in [2.24, 2.45) is 0 Å². The second kappa shape index (κ2) is 8.43. The zero-order valence-electron chi connectivity index (χ0n) is 17.3. The monoisotopic (exact) mass is 445 g/mol. The maximum atomic E-state index is 12.6. The van der Waals surface area contributed by atoms with E-state index < -0.39 is 0 Å². The number of anilines is 1. The number of nitrogens with one attached hydrogen (secondary N) is 1. The molecule has 0 saturated heterocycles. The lowest BCUT2D eigenvalue weighted by molar-refractivity contribution is -0.116. The number of aryl methyl sites for hydroxylation is 1. The molecule has 0 aliphatic carbocycles. The summed E-state index contributed by atoms with van der Waals surface area (Å²) in [6.07, 6.45) is 3.62. The summed E-state index contributed by atoms with van der Waals surface area (Å²) < 4.78 is 7.59. The van der Waals surface area contributed by atoms with E-state index in [0.29, 0.717) is 29.8 Å². The Hall–Kier alpha value is -3.71.